The number of furan rings is 1. The molecule has 2 heterocycles. The second-order valence-corrected chi connectivity index (χ2v) is 7.36. The van der Waals surface area contributed by atoms with Crippen molar-refractivity contribution in [1.29, 1.82) is 0 Å². The highest BCUT2D eigenvalue weighted by Crippen LogP contribution is 2.21. The Hall–Kier alpha value is -2.34. The smallest absolute Gasteiger partial charge is 0.289 e. The Balaban J connectivity index is 1.53. The van der Waals surface area contributed by atoms with Crippen LogP contribution in [0.2, 0.25) is 0 Å². The number of piperidine rings is 1. The van der Waals surface area contributed by atoms with Gasteiger partial charge in [-0.25, -0.2) is 4.39 Å². The summed E-state index contributed by atoms with van der Waals surface area (Å²) in [6, 6.07) is 10.1. The number of nitrogens with zero attached hydrogens (tertiary/aromatic N) is 2. The molecule has 0 aliphatic carbocycles. The number of hydrogen-bond acceptors (Lipinski definition) is 4. The van der Waals surface area contributed by atoms with Gasteiger partial charge in [-0.1, -0.05) is 12.1 Å². The van der Waals surface area contributed by atoms with E-state index in [1.807, 2.05) is 17.9 Å². The number of rotatable bonds is 8. The van der Waals surface area contributed by atoms with Gasteiger partial charge in [0, 0.05) is 32.2 Å². The summed E-state index contributed by atoms with van der Waals surface area (Å²) in [7, 11) is 1.52. The summed E-state index contributed by atoms with van der Waals surface area (Å²) in [5, 5.41) is 0. The van der Waals surface area contributed by atoms with Crippen LogP contribution in [0.15, 0.2) is 40.8 Å². The summed E-state index contributed by atoms with van der Waals surface area (Å²) in [4.78, 5) is 17.0. The Bertz CT molecular complexity index is 777. The van der Waals surface area contributed by atoms with Gasteiger partial charge in [-0.15, -0.1) is 0 Å². The van der Waals surface area contributed by atoms with Crippen LogP contribution in [0, 0.1) is 11.7 Å². The highest BCUT2D eigenvalue weighted by Gasteiger charge is 2.25. The molecule has 1 aliphatic heterocycles. The van der Waals surface area contributed by atoms with Crippen LogP contribution in [0.25, 0.3) is 0 Å². The molecule has 1 atom stereocenters. The van der Waals surface area contributed by atoms with Crippen LogP contribution in [0.4, 0.5) is 4.39 Å². The Kier molecular flexibility index (Phi) is 7.09. The normalized spacial score (nSPS) is 17.5. The number of amides is 1. The summed E-state index contributed by atoms with van der Waals surface area (Å²) in [6.07, 6.45) is 3.07. The van der Waals surface area contributed by atoms with Gasteiger partial charge in [-0.05, 0) is 62.4 Å². The van der Waals surface area contributed by atoms with Crippen LogP contribution in [0.5, 0.6) is 5.95 Å². The van der Waals surface area contributed by atoms with E-state index >= 15 is 0 Å². The van der Waals surface area contributed by atoms with E-state index < -0.39 is 0 Å². The number of ether oxygens (including phenoxy) is 1. The van der Waals surface area contributed by atoms with E-state index in [4.69, 9.17) is 9.15 Å². The van der Waals surface area contributed by atoms with E-state index in [0.29, 0.717) is 24.2 Å². The van der Waals surface area contributed by atoms with Crippen molar-refractivity contribution in [2.45, 2.75) is 26.2 Å². The van der Waals surface area contributed by atoms with Gasteiger partial charge in [0.2, 0.25) is 0 Å². The minimum Gasteiger partial charge on any atom is -0.468 e. The zero-order valence-electron chi connectivity index (χ0n) is 16.7. The lowest BCUT2D eigenvalue weighted by Crippen LogP contribution is -2.43. The quantitative estimate of drug-likeness (QED) is 0.689. The minimum atomic E-state index is -0.180. The van der Waals surface area contributed by atoms with Crippen molar-refractivity contribution in [3.05, 3.63) is 53.5 Å². The first-order valence-electron chi connectivity index (χ1n) is 9.99. The first kappa shape index (κ1) is 20.4. The Morgan fingerprint density at radius 3 is 2.93 bits per heavy atom. The standard InChI is InChI=1S/C22H29FN2O3/c1-3-25(22(26)20-9-10-21(27-2)28-20)16-18-7-5-12-24(15-18)13-11-17-6-4-8-19(23)14-17/h4,6,8-10,14,18H,3,5,7,11-13,15-16H2,1-2H3. The largest absolute Gasteiger partial charge is 0.468 e. The first-order valence-corrected chi connectivity index (χ1v) is 9.99. The molecule has 0 saturated carbocycles. The van der Waals surface area contributed by atoms with Crippen molar-refractivity contribution in [2.24, 2.45) is 5.92 Å². The lowest BCUT2D eigenvalue weighted by molar-refractivity contribution is 0.0654. The van der Waals surface area contributed by atoms with Crippen molar-refractivity contribution < 1.29 is 18.3 Å². The van der Waals surface area contributed by atoms with E-state index in [1.54, 1.807) is 24.3 Å². The van der Waals surface area contributed by atoms with E-state index in [9.17, 15) is 9.18 Å². The number of methoxy groups -OCH3 is 1. The molecule has 2 aromatic rings. The molecule has 0 bridgehead atoms. The molecule has 1 aromatic carbocycles. The van der Waals surface area contributed by atoms with Crippen LogP contribution in [-0.2, 0) is 6.42 Å². The maximum atomic E-state index is 13.4. The molecule has 1 saturated heterocycles. The van der Waals surface area contributed by atoms with Crippen LogP contribution in [0.1, 0.15) is 35.9 Å². The van der Waals surface area contributed by atoms with E-state index in [1.165, 1.54) is 13.2 Å². The fourth-order valence-corrected chi connectivity index (χ4v) is 3.85. The molecule has 5 nitrogen and oxygen atoms in total. The average Bonchev–Trinajstić information content (AvgIpc) is 3.20. The molecular formula is C22H29FN2O3. The summed E-state index contributed by atoms with van der Waals surface area (Å²) in [6.45, 7) is 6.27. The lowest BCUT2D eigenvalue weighted by Gasteiger charge is -2.35. The molecule has 28 heavy (non-hydrogen) atoms. The molecule has 3 rings (SSSR count). The molecule has 1 aliphatic rings. The predicted molar refractivity (Wildman–Crippen MR) is 106 cm³/mol. The van der Waals surface area contributed by atoms with Gasteiger partial charge < -0.3 is 19.0 Å². The van der Waals surface area contributed by atoms with E-state index in [-0.39, 0.29) is 11.7 Å². The molecule has 0 N–H and O–H groups in total. The molecule has 0 spiro atoms. The molecule has 1 fully saturated rings. The minimum absolute atomic E-state index is 0.0947. The highest BCUT2D eigenvalue weighted by molar-refractivity contribution is 5.91. The van der Waals surface area contributed by atoms with Crippen molar-refractivity contribution in [3.8, 4) is 5.95 Å². The van der Waals surface area contributed by atoms with Gasteiger partial charge in [0.15, 0.2) is 5.76 Å². The van der Waals surface area contributed by atoms with Crippen LogP contribution in [0.3, 0.4) is 0 Å². The van der Waals surface area contributed by atoms with Crippen molar-refractivity contribution in [1.82, 2.24) is 9.80 Å². The van der Waals surface area contributed by atoms with Gasteiger partial charge >= 0.3 is 0 Å². The topological polar surface area (TPSA) is 45.9 Å². The second kappa shape index (κ2) is 9.73. The van der Waals surface area contributed by atoms with Crippen molar-refractivity contribution in [3.63, 3.8) is 0 Å². The van der Waals surface area contributed by atoms with Crippen molar-refractivity contribution >= 4 is 5.91 Å². The lowest BCUT2D eigenvalue weighted by atomic mass is 9.96. The third kappa shape index (κ3) is 5.35. The van der Waals surface area contributed by atoms with Crippen LogP contribution >= 0.6 is 0 Å². The number of hydrogen-bond donors (Lipinski definition) is 0. The molecule has 6 heteroatoms. The number of carbonyl (C=O) groups is 1. The average molecular weight is 388 g/mol. The van der Waals surface area contributed by atoms with Crippen molar-refractivity contribution in [2.75, 3.05) is 39.8 Å². The summed E-state index contributed by atoms with van der Waals surface area (Å²) >= 11 is 0. The third-order valence-electron chi connectivity index (χ3n) is 5.35. The van der Waals surface area contributed by atoms with E-state index in [2.05, 4.69) is 4.90 Å². The molecule has 1 unspecified atom stereocenters. The monoisotopic (exact) mass is 388 g/mol. The summed E-state index contributed by atoms with van der Waals surface area (Å²) < 4.78 is 23.8. The predicted octanol–water partition coefficient (Wildman–Crippen LogP) is 3.84. The Labute approximate surface area is 166 Å². The maximum absolute atomic E-state index is 13.4. The third-order valence-corrected chi connectivity index (χ3v) is 5.35. The number of carbonyl (C=O) groups excluding carboxylic acids is 1. The summed E-state index contributed by atoms with van der Waals surface area (Å²) in [5.74, 6) is 0.823. The number of halogens is 1. The van der Waals surface area contributed by atoms with E-state index in [0.717, 1.165) is 51.0 Å². The highest BCUT2D eigenvalue weighted by atomic mass is 19.1. The van der Waals surface area contributed by atoms with Gasteiger partial charge in [-0.3, -0.25) is 4.79 Å². The van der Waals surface area contributed by atoms with Gasteiger partial charge in [0.1, 0.15) is 5.82 Å². The first-order chi connectivity index (χ1) is 13.6. The molecule has 1 amide bonds. The second-order valence-electron chi connectivity index (χ2n) is 7.36. The van der Waals surface area contributed by atoms with Gasteiger partial charge in [0.05, 0.1) is 7.11 Å². The van der Waals surface area contributed by atoms with Gasteiger partial charge in [-0.2, -0.15) is 0 Å². The Morgan fingerprint density at radius 2 is 2.21 bits per heavy atom. The fourth-order valence-electron chi connectivity index (χ4n) is 3.85. The zero-order chi connectivity index (χ0) is 19.9. The summed E-state index contributed by atoms with van der Waals surface area (Å²) in [5.41, 5.74) is 1.03. The molecule has 152 valence electrons. The zero-order valence-corrected chi connectivity index (χ0v) is 16.7. The van der Waals surface area contributed by atoms with Crippen LogP contribution in [-0.4, -0.2) is 55.5 Å². The number of benzene rings is 1. The SMILES string of the molecule is CCN(CC1CCCN(CCc2cccc(F)c2)C1)C(=O)c1ccc(OC)o1. The van der Waals surface area contributed by atoms with Gasteiger partial charge in [0.25, 0.3) is 11.9 Å². The molecule has 1 aromatic heterocycles. The fraction of sp³-hybridized carbons (Fsp3) is 0.500. The number of likely N-dealkylation sites (tertiary alicyclic amines) is 1. The maximum Gasteiger partial charge on any atom is 0.289 e. The molecule has 0 radical (unpaired) electrons. The Morgan fingerprint density at radius 1 is 1.36 bits per heavy atom. The molecular weight excluding hydrogens is 359 g/mol. The van der Waals surface area contributed by atoms with Crippen LogP contribution < -0.4 is 4.74 Å².